The Morgan fingerprint density at radius 1 is 1.55 bits per heavy atom. The Bertz CT molecular complexity index is 112. The summed E-state index contributed by atoms with van der Waals surface area (Å²) in [7, 11) is 1.07. The van der Waals surface area contributed by atoms with E-state index in [0.29, 0.717) is 0 Å². The molecule has 6 heteroatoms. The maximum atomic E-state index is 12.4. The van der Waals surface area contributed by atoms with Crippen LogP contribution < -0.4 is 0 Å². The van der Waals surface area contributed by atoms with Crippen molar-refractivity contribution in [1.82, 2.24) is 0 Å². The summed E-state index contributed by atoms with van der Waals surface area (Å²) >= 11 is -0.319. The van der Waals surface area contributed by atoms with Gasteiger partial charge in [0.25, 0.3) is 0 Å². The Hall–Kier alpha value is 0.0600. The quantitative estimate of drug-likeness (QED) is 0.377. The zero-order valence-electron chi connectivity index (χ0n) is 6.14. The van der Waals surface area contributed by atoms with Crippen LogP contribution in [0.4, 0.5) is 13.2 Å². The smallest absolute Gasteiger partial charge is 0.240 e. The predicted octanol–water partition coefficient (Wildman–Crippen LogP) is 2.55. The third kappa shape index (κ3) is 3.83. The fraction of sp³-hybridized carbons (Fsp3) is 1.00. The van der Waals surface area contributed by atoms with Crippen LogP contribution in [0.15, 0.2) is 0 Å². The van der Waals surface area contributed by atoms with E-state index < -0.39 is 11.4 Å². The second-order valence-electron chi connectivity index (χ2n) is 1.76. The molecule has 0 fully saturated rings. The van der Waals surface area contributed by atoms with Crippen molar-refractivity contribution < 1.29 is 22.4 Å². The van der Waals surface area contributed by atoms with Crippen LogP contribution in [0.5, 0.6) is 0 Å². The summed E-state index contributed by atoms with van der Waals surface area (Å²) < 4.78 is 40.9. The van der Waals surface area contributed by atoms with Crippen LogP contribution in [0.2, 0.25) is 0 Å². The van der Waals surface area contributed by atoms with E-state index in [2.05, 4.69) is 9.22 Å². The summed E-state index contributed by atoms with van der Waals surface area (Å²) in [5, 5.41) is -3.54. The molecule has 0 N–H and O–H groups in total. The summed E-state index contributed by atoms with van der Waals surface area (Å²) in [5.74, 6) is 0. The fourth-order valence-electron chi connectivity index (χ4n) is 0.369. The Labute approximate surface area is 67.2 Å². The third-order valence-corrected chi connectivity index (χ3v) is 1.62. The van der Waals surface area contributed by atoms with Gasteiger partial charge in [-0.25, -0.2) is 9.28 Å². The topological polar surface area (TPSA) is 18.5 Å². The zero-order chi connectivity index (χ0) is 8.91. The van der Waals surface area contributed by atoms with Crippen LogP contribution >= 0.6 is 12.0 Å². The number of hydrogen-bond donors (Lipinski definition) is 0. The van der Waals surface area contributed by atoms with Gasteiger partial charge in [-0.15, -0.1) is 0 Å². The largest absolute Gasteiger partial charge is 0.351 e. The van der Waals surface area contributed by atoms with Gasteiger partial charge in [-0.05, 0) is 6.42 Å². The van der Waals surface area contributed by atoms with Gasteiger partial charge in [0.1, 0.15) is 12.0 Å². The lowest BCUT2D eigenvalue weighted by Gasteiger charge is -2.15. The SMILES string of the molecule is CCC(F)C(F)(F)SOOC. The van der Waals surface area contributed by atoms with Crippen molar-refractivity contribution in [2.75, 3.05) is 7.11 Å². The number of halogens is 3. The third-order valence-electron chi connectivity index (χ3n) is 0.936. The summed E-state index contributed by atoms with van der Waals surface area (Å²) in [5.41, 5.74) is 0. The van der Waals surface area contributed by atoms with Crippen molar-refractivity contribution in [3.63, 3.8) is 0 Å². The van der Waals surface area contributed by atoms with E-state index in [4.69, 9.17) is 0 Å². The molecule has 0 amide bonds. The van der Waals surface area contributed by atoms with Crippen molar-refractivity contribution in [2.45, 2.75) is 24.8 Å². The molecule has 0 aromatic carbocycles. The van der Waals surface area contributed by atoms with Gasteiger partial charge in [0.2, 0.25) is 0 Å². The Kier molecular flexibility index (Phi) is 4.87. The molecule has 0 aliphatic carbocycles. The molecular formula is C5H9F3O2S. The lowest BCUT2D eigenvalue weighted by molar-refractivity contribution is -0.168. The van der Waals surface area contributed by atoms with Gasteiger partial charge in [-0.2, -0.15) is 13.1 Å². The highest BCUT2D eigenvalue weighted by Gasteiger charge is 2.41. The molecule has 0 bridgehead atoms. The van der Waals surface area contributed by atoms with Gasteiger partial charge in [0.05, 0.1) is 7.11 Å². The molecule has 0 saturated heterocycles. The fourth-order valence-corrected chi connectivity index (χ4v) is 0.799. The van der Waals surface area contributed by atoms with Gasteiger partial charge >= 0.3 is 5.25 Å². The number of hydrogen-bond acceptors (Lipinski definition) is 3. The molecule has 1 unspecified atom stereocenters. The van der Waals surface area contributed by atoms with E-state index in [0.717, 1.165) is 7.11 Å². The highest BCUT2D eigenvalue weighted by atomic mass is 32.2. The normalized spacial score (nSPS) is 15.0. The van der Waals surface area contributed by atoms with Gasteiger partial charge < -0.3 is 0 Å². The van der Waals surface area contributed by atoms with Gasteiger partial charge in [-0.1, -0.05) is 6.92 Å². The zero-order valence-corrected chi connectivity index (χ0v) is 6.96. The molecule has 0 aromatic heterocycles. The molecule has 0 aromatic rings. The second-order valence-corrected chi connectivity index (χ2v) is 2.60. The van der Waals surface area contributed by atoms with Crippen molar-refractivity contribution >= 4 is 12.0 Å². The Morgan fingerprint density at radius 2 is 2.09 bits per heavy atom. The molecule has 0 rings (SSSR count). The lowest BCUT2D eigenvalue weighted by Crippen LogP contribution is -2.25. The highest BCUT2D eigenvalue weighted by Crippen LogP contribution is 2.36. The minimum absolute atomic E-state index is 0.257. The molecule has 0 spiro atoms. The summed E-state index contributed by atoms with van der Waals surface area (Å²) in [4.78, 5) is 3.89. The van der Waals surface area contributed by atoms with Crippen LogP contribution in [0.25, 0.3) is 0 Å². The van der Waals surface area contributed by atoms with Crippen LogP contribution in [-0.4, -0.2) is 18.5 Å². The maximum Gasteiger partial charge on any atom is 0.351 e. The van der Waals surface area contributed by atoms with E-state index in [9.17, 15) is 13.2 Å². The van der Waals surface area contributed by atoms with E-state index >= 15 is 0 Å². The standard InChI is InChI=1S/C5H9F3O2S/c1-3-4(6)5(7,8)11-10-9-2/h4H,3H2,1-2H3. The molecule has 68 valence electrons. The van der Waals surface area contributed by atoms with Crippen molar-refractivity contribution in [2.24, 2.45) is 0 Å². The summed E-state index contributed by atoms with van der Waals surface area (Å²) in [6, 6.07) is 0. The van der Waals surface area contributed by atoms with Crippen molar-refractivity contribution in [1.29, 1.82) is 0 Å². The number of rotatable bonds is 5. The van der Waals surface area contributed by atoms with Crippen LogP contribution in [-0.2, 0) is 9.22 Å². The molecule has 0 heterocycles. The molecular weight excluding hydrogens is 181 g/mol. The molecule has 0 aliphatic rings. The minimum Gasteiger partial charge on any atom is -0.240 e. The predicted molar refractivity (Wildman–Crippen MR) is 35.8 cm³/mol. The van der Waals surface area contributed by atoms with Crippen LogP contribution in [0, 0.1) is 0 Å². The van der Waals surface area contributed by atoms with Crippen molar-refractivity contribution in [3.05, 3.63) is 0 Å². The maximum absolute atomic E-state index is 12.4. The Balaban J connectivity index is 3.77. The van der Waals surface area contributed by atoms with Gasteiger partial charge in [-0.3, -0.25) is 0 Å². The second kappa shape index (κ2) is 4.84. The van der Waals surface area contributed by atoms with E-state index in [-0.39, 0.29) is 18.5 Å². The molecule has 0 radical (unpaired) electrons. The Morgan fingerprint density at radius 3 is 2.45 bits per heavy atom. The first-order valence-corrected chi connectivity index (χ1v) is 3.69. The number of alkyl halides is 3. The van der Waals surface area contributed by atoms with Gasteiger partial charge in [0.15, 0.2) is 6.17 Å². The average Bonchev–Trinajstić information content (AvgIpc) is 1.99. The molecule has 2 nitrogen and oxygen atoms in total. The molecule has 11 heavy (non-hydrogen) atoms. The summed E-state index contributed by atoms with van der Waals surface area (Å²) in [6.07, 6.45) is -2.46. The van der Waals surface area contributed by atoms with E-state index in [1.165, 1.54) is 6.92 Å². The first kappa shape index (κ1) is 11.1. The van der Waals surface area contributed by atoms with Gasteiger partial charge in [0, 0.05) is 0 Å². The highest BCUT2D eigenvalue weighted by molar-refractivity contribution is 7.95. The van der Waals surface area contributed by atoms with Crippen LogP contribution in [0.3, 0.4) is 0 Å². The lowest BCUT2D eigenvalue weighted by atomic mass is 10.3. The monoisotopic (exact) mass is 190 g/mol. The molecule has 0 saturated carbocycles. The molecule has 0 aliphatic heterocycles. The summed E-state index contributed by atoms with van der Waals surface area (Å²) in [6.45, 7) is 1.33. The minimum atomic E-state index is -3.54. The van der Waals surface area contributed by atoms with E-state index in [1.54, 1.807) is 0 Å². The first-order chi connectivity index (χ1) is 5.04. The molecule has 1 atom stereocenters. The van der Waals surface area contributed by atoms with E-state index in [1.807, 2.05) is 0 Å². The van der Waals surface area contributed by atoms with Crippen molar-refractivity contribution in [3.8, 4) is 0 Å². The first-order valence-electron chi connectivity index (χ1n) is 2.95. The average molecular weight is 190 g/mol. The van der Waals surface area contributed by atoms with Crippen LogP contribution in [0.1, 0.15) is 13.3 Å².